The first-order valence-corrected chi connectivity index (χ1v) is 7.97. The lowest BCUT2D eigenvalue weighted by Gasteiger charge is -2.32. The highest BCUT2D eigenvalue weighted by Crippen LogP contribution is 2.36. The number of nitrogens with zero attached hydrogens (tertiary/aromatic N) is 3. The highest BCUT2D eigenvalue weighted by molar-refractivity contribution is 6.34. The summed E-state index contributed by atoms with van der Waals surface area (Å²) in [6.45, 7) is 3.49. The number of hydrogen-bond donors (Lipinski definition) is 0. The van der Waals surface area contributed by atoms with E-state index < -0.39 is 23.1 Å². The minimum Gasteiger partial charge on any atom is -0.355 e. The third kappa shape index (κ3) is 3.02. The van der Waals surface area contributed by atoms with E-state index in [1.165, 1.54) is 0 Å². The Labute approximate surface area is 141 Å². The lowest BCUT2D eigenvalue weighted by atomic mass is 9.99. The maximum Gasteiger partial charge on any atom is 0.210 e. The van der Waals surface area contributed by atoms with E-state index in [2.05, 4.69) is 11.9 Å². The van der Waals surface area contributed by atoms with Crippen LogP contribution < -0.4 is 4.90 Å². The van der Waals surface area contributed by atoms with Crippen LogP contribution in [-0.4, -0.2) is 22.6 Å². The molecule has 0 unspecified atom stereocenters. The zero-order chi connectivity index (χ0) is 16.7. The molecule has 0 aliphatic carbocycles. The van der Waals surface area contributed by atoms with Crippen molar-refractivity contribution in [3.63, 3.8) is 0 Å². The Morgan fingerprint density at radius 2 is 1.65 bits per heavy atom. The summed E-state index contributed by atoms with van der Waals surface area (Å²) >= 11 is 12.2. The molecule has 1 fully saturated rings. The summed E-state index contributed by atoms with van der Waals surface area (Å²) < 4.78 is 42.5. The fourth-order valence-electron chi connectivity index (χ4n) is 2.80. The van der Waals surface area contributed by atoms with Crippen LogP contribution in [0.2, 0.25) is 10.4 Å². The largest absolute Gasteiger partial charge is 0.355 e. The van der Waals surface area contributed by atoms with Gasteiger partial charge in [-0.1, -0.05) is 18.5 Å². The number of hydrogen-bond acceptors (Lipinski definition) is 2. The average Bonchev–Trinajstić information content (AvgIpc) is 2.74. The minimum absolute atomic E-state index is 0.0627. The van der Waals surface area contributed by atoms with Crippen LogP contribution in [0.25, 0.3) is 5.69 Å². The van der Waals surface area contributed by atoms with E-state index in [4.69, 9.17) is 23.2 Å². The van der Waals surface area contributed by atoms with E-state index in [1.807, 2.05) is 4.90 Å². The molecular weight excluding hydrogens is 350 g/mol. The van der Waals surface area contributed by atoms with Gasteiger partial charge in [-0.15, -0.1) is 0 Å². The molecule has 0 atom stereocenters. The number of rotatable bonds is 2. The van der Waals surface area contributed by atoms with Crippen LogP contribution >= 0.6 is 23.2 Å². The Bertz CT molecular complexity index is 717. The second-order valence-electron chi connectivity index (χ2n) is 5.72. The van der Waals surface area contributed by atoms with E-state index in [9.17, 15) is 13.2 Å². The summed E-state index contributed by atoms with van der Waals surface area (Å²) in [5.74, 6) is -2.24. The van der Waals surface area contributed by atoms with Gasteiger partial charge in [-0.2, -0.15) is 0 Å². The fraction of sp³-hybridized carbons (Fsp3) is 0.400. The molecule has 8 heteroatoms. The van der Waals surface area contributed by atoms with Gasteiger partial charge in [0.15, 0.2) is 22.6 Å². The van der Waals surface area contributed by atoms with Gasteiger partial charge >= 0.3 is 0 Å². The smallest absolute Gasteiger partial charge is 0.210 e. The molecule has 23 heavy (non-hydrogen) atoms. The molecule has 0 radical (unpaired) electrons. The molecule has 2 aromatic rings. The number of piperidine rings is 1. The first-order chi connectivity index (χ1) is 10.9. The monoisotopic (exact) mass is 363 g/mol. The minimum atomic E-state index is -1.06. The molecule has 1 aliphatic rings. The lowest BCUT2D eigenvalue weighted by Crippen LogP contribution is -2.34. The van der Waals surface area contributed by atoms with Crippen molar-refractivity contribution in [3.05, 3.63) is 40.0 Å². The molecule has 124 valence electrons. The van der Waals surface area contributed by atoms with E-state index in [-0.39, 0.29) is 10.4 Å². The first kappa shape index (κ1) is 16.5. The van der Waals surface area contributed by atoms with Crippen molar-refractivity contribution in [1.29, 1.82) is 0 Å². The zero-order valence-electron chi connectivity index (χ0n) is 12.3. The van der Waals surface area contributed by atoms with Crippen LogP contribution in [0.4, 0.5) is 19.0 Å². The third-order valence-corrected chi connectivity index (χ3v) is 4.57. The van der Waals surface area contributed by atoms with Crippen molar-refractivity contribution in [2.75, 3.05) is 18.0 Å². The average molecular weight is 364 g/mol. The number of halogens is 5. The Balaban J connectivity index is 2.14. The van der Waals surface area contributed by atoms with Crippen LogP contribution in [-0.2, 0) is 0 Å². The second kappa shape index (κ2) is 6.24. The van der Waals surface area contributed by atoms with E-state index in [0.717, 1.165) is 17.4 Å². The first-order valence-electron chi connectivity index (χ1n) is 7.22. The predicted molar refractivity (Wildman–Crippen MR) is 84.1 cm³/mol. The summed E-state index contributed by atoms with van der Waals surface area (Å²) in [4.78, 5) is 5.80. The molecule has 1 saturated heterocycles. The maximum atomic E-state index is 14.1. The van der Waals surface area contributed by atoms with Crippen LogP contribution in [0.3, 0.4) is 0 Å². The summed E-state index contributed by atoms with van der Waals surface area (Å²) in [7, 11) is 0. The molecule has 0 spiro atoms. The maximum absolute atomic E-state index is 14.1. The van der Waals surface area contributed by atoms with E-state index >= 15 is 0 Å². The SMILES string of the molecule is CC1CCN(c2c(Cl)nc(Cl)n2-c2c(F)cc(F)cc2F)CC1. The molecular formula is C15H14Cl2F3N3. The van der Waals surface area contributed by atoms with Crippen molar-refractivity contribution < 1.29 is 13.2 Å². The van der Waals surface area contributed by atoms with Gasteiger partial charge in [0.05, 0.1) is 0 Å². The standard InChI is InChI=1S/C15H14Cl2F3N3/c1-8-2-4-22(5-3-8)14-13(16)21-15(17)23(14)12-10(19)6-9(18)7-11(12)20/h6-8H,2-5H2,1H3. The molecule has 2 heterocycles. The summed E-state index contributed by atoms with van der Waals surface area (Å²) in [5.41, 5.74) is -0.482. The highest BCUT2D eigenvalue weighted by Gasteiger charge is 2.28. The van der Waals surface area contributed by atoms with Crippen LogP contribution in [0.15, 0.2) is 12.1 Å². The molecule has 1 aromatic carbocycles. The number of benzene rings is 1. The molecule has 3 rings (SSSR count). The number of aromatic nitrogens is 2. The lowest BCUT2D eigenvalue weighted by molar-refractivity contribution is 0.435. The fourth-order valence-corrected chi connectivity index (χ4v) is 3.38. The summed E-state index contributed by atoms with van der Waals surface area (Å²) in [5, 5.41) is -0.110. The topological polar surface area (TPSA) is 21.1 Å². The Kier molecular flexibility index (Phi) is 4.47. The molecule has 0 bridgehead atoms. The molecule has 1 aliphatic heterocycles. The predicted octanol–water partition coefficient (Wildman–Crippen LogP) is 4.83. The Morgan fingerprint density at radius 1 is 1.09 bits per heavy atom. The van der Waals surface area contributed by atoms with Crippen LogP contribution in [0.5, 0.6) is 0 Å². The van der Waals surface area contributed by atoms with Crippen LogP contribution in [0, 0.1) is 23.4 Å². The molecule has 3 nitrogen and oxygen atoms in total. The molecule has 0 amide bonds. The second-order valence-corrected chi connectivity index (χ2v) is 6.41. The van der Waals surface area contributed by atoms with Gasteiger partial charge in [-0.05, 0) is 30.4 Å². The molecule has 1 aromatic heterocycles. The number of imidazole rings is 1. The van der Waals surface area contributed by atoms with E-state index in [1.54, 1.807) is 0 Å². The van der Waals surface area contributed by atoms with Gasteiger partial charge in [0.1, 0.15) is 11.5 Å². The highest BCUT2D eigenvalue weighted by atomic mass is 35.5. The van der Waals surface area contributed by atoms with Crippen LogP contribution in [0.1, 0.15) is 19.8 Å². The van der Waals surface area contributed by atoms with E-state index in [0.29, 0.717) is 37.0 Å². The van der Waals surface area contributed by atoms with Gasteiger partial charge in [0.2, 0.25) is 5.28 Å². The Morgan fingerprint density at radius 3 is 2.22 bits per heavy atom. The van der Waals surface area contributed by atoms with Crippen molar-refractivity contribution in [3.8, 4) is 5.69 Å². The zero-order valence-corrected chi connectivity index (χ0v) is 13.8. The summed E-state index contributed by atoms with van der Waals surface area (Å²) in [6, 6.07) is 1.20. The van der Waals surface area contributed by atoms with Gasteiger partial charge < -0.3 is 4.90 Å². The van der Waals surface area contributed by atoms with Gasteiger partial charge in [0.25, 0.3) is 0 Å². The molecule has 0 N–H and O–H groups in total. The Hall–Kier alpha value is -1.40. The van der Waals surface area contributed by atoms with Crippen molar-refractivity contribution in [1.82, 2.24) is 9.55 Å². The quantitative estimate of drug-likeness (QED) is 0.761. The summed E-state index contributed by atoms with van der Waals surface area (Å²) in [6.07, 6.45) is 1.85. The normalized spacial score (nSPS) is 16.2. The van der Waals surface area contributed by atoms with Gasteiger partial charge in [0, 0.05) is 25.2 Å². The van der Waals surface area contributed by atoms with Crippen molar-refractivity contribution >= 4 is 29.0 Å². The number of anilines is 1. The van der Waals surface area contributed by atoms with Crippen molar-refractivity contribution in [2.45, 2.75) is 19.8 Å². The van der Waals surface area contributed by atoms with Gasteiger partial charge in [-0.3, -0.25) is 4.57 Å². The molecule has 0 saturated carbocycles. The third-order valence-electron chi connectivity index (χ3n) is 4.06. The van der Waals surface area contributed by atoms with Crippen molar-refractivity contribution in [2.24, 2.45) is 5.92 Å². The van der Waals surface area contributed by atoms with Gasteiger partial charge in [-0.25, -0.2) is 18.2 Å².